The van der Waals surface area contributed by atoms with Crippen LogP contribution >= 0.6 is 11.3 Å². The van der Waals surface area contributed by atoms with Gasteiger partial charge in [0.2, 0.25) is 5.91 Å². The van der Waals surface area contributed by atoms with Gasteiger partial charge >= 0.3 is 0 Å². The summed E-state index contributed by atoms with van der Waals surface area (Å²) < 4.78 is 0. The van der Waals surface area contributed by atoms with E-state index in [-0.39, 0.29) is 6.04 Å². The third-order valence-corrected chi connectivity index (χ3v) is 7.31. The monoisotopic (exact) mass is 493 g/mol. The molecule has 2 aromatic carbocycles. The van der Waals surface area contributed by atoms with Crippen molar-refractivity contribution < 1.29 is 19.8 Å². The number of rotatable bonds is 10. The molecule has 4 rings (SSSR count). The summed E-state index contributed by atoms with van der Waals surface area (Å²) in [6.45, 7) is 0.219. The minimum absolute atomic E-state index is 0.129. The van der Waals surface area contributed by atoms with Gasteiger partial charge in [-0.1, -0.05) is 60.7 Å². The van der Waals surface area contributed by atoms with Gasteiger partial charge in [0, 0.05) is 31.3 Å². The van der Waals surface area contributed by atoms with Crippen LogP contribution in [0.25, 0.3) is 0 Å². The van der Waals surface area contributed by atoms with E-state index >= 15 is 0 Å². The Hall–Kier alpha value is -3.07. The van der Waals surface area contributed by atoms with Crippen LogP contribution in [0.3, 0.4) is 0 Å². The zero-order valence-electron chi connectivity index (χ0n) is 19.5. The summed E-state index contributed by atoms with van der Waals surface area (Å²) >= 11 is 1.54. The van der Waals surface area contributed by atoms with E-state index in [4.69, 9.17) is 0 Å². The molecule has 35 heavy (non-hydrogen) atoms. The normalized spacial score (nSPS) is 17.2. The van der Waals surface area contributed by atoms with Crippen molar-refractivity contribution in [1.82, 2.24) is 15.2 Å². The summed E-state index contributed by atoms with van der Waals surface area (Å²) in [7, 11) is 0. The van der Waals surface area contributed by atoms with Crippen molar-refractivity contribution in [3.63, 3.8) is 0 Å². The van der Waals surface area contributed by atoms with E-state index in [1.165, 1.54) is 16.9 Å². The molecule has 2 heterocycles. The lowest BCUT2D eigenvalue weighted by Gasteiger charge is -2.29. The summed E-state index contributed by atoms with van der Waals surface area (Å²) in [5.41, 5.74) is 3.18. The number of nitrogens with one attached hydrogen (secondary N) is 1. The van der Waals surface area contributed by atoms with Crippen LogP contribution in [0.15, 0.2) is 66.0 Å². The molecular formula is C27H31N3O4S. The number of hydrogen-bond acceptors (Lipinski definition) is 6. The molecule has 1 fully saturated rings. The van der Waals surface area contributed by atoms with Crippen molar-refractivity contribution in [2.75, 3.05) is 19.7 Å². The smallest absolute Gasteiger partial charge is 0.252 e. The fourth-order valence-electron chi connectivity index (χ4n) is 4.49. The maximum absolute atomic E-state index is 13.1. The van der Waals surface area contributed by atoms with E-state index in [9.17, 15) is 19.8 Å². The molecule has 8 heteroatoms. The highest BCUT2D eigenvalue weighted by Gasteiger charge is 2.38. The third-order valence-electron chi connectivity index (χ3n) is 6.35. The van der Waals surface area contributed by atoms with E-state index in [0.29, 0.717) is 19.5 Å². The van der Waals surface area contributed by atoms with E-state index in [1.807, 2.05) is 53.9 Å². The molecule has 3 aromatic rings. The van der Waals surface area contributed by atoms with Crippen molar-refractivity contribution in [3.8, 4) is 0 Å². The molecule has 3 atom stereocenters. The first-order valence-corrected chi connectivity index (χ1v) is 12.8. The molecule has 0 radical (unpaired) electrons. The van der Waals surface area contributed by atoms with E-state index in [1.54, 1.807) is 4.90 Å². The van der Waals surface area contributed by atoms with Gasteiger partial charge < -0.3 is 20.4 Å². The highest BCUT2D eigenvalue weighted by molar-refractivity contribution is 7.09. The minimum Gasteiger partial charge on any atom is -0.395 e. The standard InChI is InChI=1S/C27H31N3O4S/c31-17-22(25(32)27(34)30-15-7-12-23(30)20-10-5-2-6-11-20)26(33)28-14-13-24-29-21(18-35-24)16-19-8-3-1-4-9-19/h1-6,8-11,18,22-23,25,31-32H,7,12-17H2,(H,28,33)/t22?,23?,25-/m1/s1. The van der Waals surface area contributed by atoms with Crippen LogP contribution in [0.1, 0.15) is 40.7 Å². The predicted molar refractivity (Wildman–Crippen MR) is 135 cm³/mol. The Morgan fingerprint density at radius 1 is 1.11 bits per heavy atom. The topological polar surface area (TPSA) is 103 Å². The van der Waals surface area contributed by atoms with Crippen LogP contribution in [-0.4, -0.2) is 57.7 Å². The molecule has 3 N–H and O–H groups in total. The molecule has 2 amide bonds. The van der Waals surface area contributed by atoms with Gasteiger partial charge in [0.25, 0.3) is 5.91 Å². The molecule has 1 aromatic heterocycles. The average molecular weight is 494 g/mol. The Bertz CT molecular complexity index is 1110. The van der Waals surface area contributed by atoms with Gasteiger partial charge in [0.1, 0.15) is 6.10 Å². The minimum atomic E-state index is -1.60. The van der Waals surface area contributed by atoms with Gasteiger partial charge in [0.15, 0.2) is 0 Å². The van der Waals surface area contributed by atoms with Crippen molar-refractivity contribution in [2.24, 2.45) is 5.92 Å². The molecule has 1 saturated heterocycles. The number of nitrogens with zero attached hydrogens (tertiary/aromatic N) is 2. The second kappa shape index (κ2) is 12.1. The van der Waals surface area contributed by atoms with E-state index in [0.717, 1.165) is 35.5 Å². The largest absolute Gasteiger partial charge is 0.395 e. The Kier molecular flexibility index (Phi) is 8.63. The van der Waals surface area contributed by atoms with Crippen LogP contribution in [0.2, 0.25) is 0 Å². The van der Waals surface area contributed by atoms with Crippen LogP contribution in [0.5, 0.6) is 0 Å². The van der Waals surface area contributed by atoms with Gasteiger partial charge in [-0.3, -0.25) is 9.59 Å². The summed E-state index contributed by atoms with van der Waals surface area (Å²) in [6, 6.07) is 19.7. The second-order valence-electron chi connectivity index (χ2n) is 8.77. The molecule has 1 aliphatic rings. The Labute approximate surface area is 209 Å². The third kappa shape index (κ3) is 6.33. The lowest BCUT2D eigenvalue weighted by molar-refractivity contribution is -0.150. The van der Waals surface area contributed by atoms with Crippen LogP contribution in [0, 0.1) is 5.92 Å². The number of amides is 2. The number of aliphatic hydroxyl groups is 2. The quantitative estimate of drug-likeness (QED) is 0.403. The van der Waals surface area contributed by atoms with Crippen LogP contribution in [-0.2, 0) is 22.4 Å². The maximum atomic E-state index is 13.1. The molecule has 0 aliphatic carbocycles. The van der Waals surface area contributed by atoms with E-state index < -0.39 is 30.4 Å². The molecule has 1 aliphatic heterocycles. The van der Waals surface area contributed by atoms with Gasteiger partial charge in [-0.05, 0) is 24.0 Å². The lowest BCUT2D eigenvalue weighted by atomic mass is 9.99. The number of aliphatic hydroxyl groups excluding tert-OH is 2. The first-order valence-electron chi connectivity index (χ1n) is 12.0. The SMILES string of the molecule is O=C(NCCc1nc(Cc2ccccc2)cs1)C(CO)[C@@H](O)C(=O)N1CCCC1c1ccccc1. The Morgan fingerprint density at radius 3 is 2.54 bits per heavy atom. The molecular weight excluding hydrogens is 462 g/mol. The van der Waals surface area contributed by atoms with Crippen molar-refractivity contribution in [2.45, 2.75) is 37.8 Å². The molecule has 7 nitrogen and oxygen atoms in total. The summed E-state index contributed by atoms with van der Waals surface area (Å²) in [4.78, 5) is 32.0. The fraction of sp³-hybridized carbons (Fsp3) is 0.370. The lowest BCUT2D eigenvalue weighted by Crippen LogP contribution is -2.49. The Morgan fingerprint density at radius 2 is 1.83 bits per heavy atom. The van der Waals surface area contributed by atoms with Gasteiger partial charge in [-0.25, -0.2) is 4.98 Å². The number of benzene rings is 2. The first kappa shape index (κ1) is 25.0. The number of carbonyl (C=O) groups excluding carboxylic acids is 2. The summed E-state index contributed by atoms with van der Waals surface area (Å²) in [5, 5.41) is 26.2. The van der Waals surface area contributed by atoms with Crippen LogP contribution in [0.4, 0.5) is 0 Å². The van der Waals surface area contributed by atoms with Crippen LogP contribution < -0.4 is 5.32 Å². The van der Waals surface area contributed by atoms with Crippen molar-refractivity contribution in [3.05, 3.63) is 87.9 Å². The first-order chi connectivity index (χ1) is 17.1. The molecule has 0 spiro atoms. The van der Waals surface area contributed by atoms with Gasteiger partial charge in [-0.15, -0.1) is 11.3 Å². The van der Waals surface area contributed by atoms with Crippen molar-refractivity contribution in [1.29, 1.82) is 0 Å². The highest BCUT2D eigenvalue weighted by atomic mass is 32.1. The molecule has 0 saturated carbocycles. The number of carbonyl (C=O) groups is 2. The number of likely N-dealkylation sites (tertiary alicyclic amines) is 1. The van der Waals surface area contributed by atoms with Gasteiger partial charge in [0.05, 0.1) is 29.3 Å². The zero-order chi connectivity index (χ0) is 24.6. The summed E-state index contributed by atoms with van der Waals surface area (Å²) in [6.07, 6.45) is 1.33. The molecule has 2 unspecified atom stereocenters. The fourth-order valence-corrected chi connectivity index (χ4v) is 5.29. The molecule has 184 valence electrons. The van der Waals surface area contributed by atoms with E-state index in [2.05, 4.69) is 22.4 Å². The Balaban J connectivity index is 1.29. The number of hydrogen-bond donors (Lipinski definition) is 3. The summed E-state index contributed by atoms with van der Waals surface area (Å²) in [5.74, 6) is -2.27. The highest BCUT2D eigenvalue weighted by Crippen LogP contribution is 2.32. The van der Waals surface area contributed by atoms with Gasteiger partial charge in [-0.2, -0.15) is 0 Å². The molecule has 0 bridgehead atoms. The number of aromatic nitrogens is 1. The average Bonchev–Trinajstić information content (AvgIpc) is 3.55. The second-order valence-corrected chi connectivity index (χ2v) is 9.71. The number of thiazole rings is 1. The zero-order valence-corrected chi connectivity index (χ0v) is 20.4. The van der Waals surface area contributed by atoms with Crippen molar-refractivity contribution >= 4 is 23.2 Å². The maximum Gasteiger partial charge on any atom is 0.252 e. The predicted octanol–water partition coefficient (Wildman–Crippen LogP) is 2.73.